The smallest absolute Gasteiger partial charge is 0.262 e. The molecule has 0 radical (unpaired) electrons. The molecular formula is C12H15BrN4O2S. The van der Waals surface area contributed by atoms with Crippen molar-refractivity contribution in [2.45, 2.75) is 18.7 Å². The molecule has 8 heteroatoms. The minimum absolute atomic E-state index is 0.154. The van der Waals surface area contributed by atoms with E-state index in [9.17, 15) is 8.42 Å². The average Bonchev–Trinajstić information content (AvgIpc) is 2.61. The van der Waals surface area contributed by atoms with Gasteiger partial charge in [-0.15, -0.1) is 0 Å². The molecule has 1 aromatic heterocycles. The summed E-state index contributed by atoms with van der Waals surface area (Å²) < 4.78 is 29.6. The predicted molar refractivity (Wildman–Crippen MR) is 82.0 cm³/mol. The molecule has 108 valence electrons. The van der Waals surface area contributed by atoms with Crippen molar-refractivity contribution in [2.75, 3.05) is 10.5 Å². The maximum absolute atomic E-state index is 12.4. The van der Waals surface area contributed by atoms with Gasteiger partial charge in [-0.25, -0.2) is 8.42 Å². The normalized spacial score (nSPS) is 11.6. The highest BCUT2D eigenvalue weighted by atomic mass is 79.9. The predicted octanol–water partition coefficient (Wildman–Crippen LogP) is 2.18. The van der Waals surface area contributed by atoms with Crippen LogP contribution in [0.15, 0.2) is 27.7 Å². The number of sulfonamides is 1. The van der Waals surface area contributed by atoms with Gasteiger partial charge in [0.15, 0.2) is 0 Å². The van der Waals surface area contributed by atoms with Gasteiger partial charge in [-0.1, -0.05) is 0 Å². The number of nitrogen functional groups attached to an aromatic ring is 1. The summed E-state index contributed by atoms with van der Waals surface area (Å²) in [7, 11) is -1.97. The Labute approximate surface area is 126 Å². The van der Waals surface area contributed by atoms with E-state index >= 15 is 0 Å². The van der Waals surface area contributed by atoms with Crippen molar-refractivity contribution in [2.24, 2.45) is 7.05 Å². The van der Waals surface area contributed by atoms with E-state index in [0.717, 1.165) is 0 Å². The Bertz CT molecular complexity index is 768. The van der Waals surface area contributed by atoms with Crippen molar-refractivity contribution in [1.82, 2.24) is 9.78 Å². The highest BCUT2D eigenvalue weighted by Gasteiger charge is 2.20. The Hall–Kier alpha value is -1.54. The number of rotatable bonds is 3. The highest BCUT2D eigenvalue weighted by molar-refractivity contribution is 9.10. The maximum atomic E-state index is 12.4. The van der Waals surface area contributed by atoms with Crippen LogP contribution in [0.3, 0.4) is 0 Å². The van der Waals surface area contributed by atoms with Crippen LogP contribution in [0.1, 0.15) is 11.3 Å². The zero-order valence-corrected chi connectivity index (χ0v) is 13.7. The van der Waals surface area contributed by atoms with E-state index in [0.29, 0.717) is 27.1 Å². The van der Waals surface area contributed by atoms with Gasteiger partial charge in [0.2, 0.25) is 0 Å². The number of anilines is 2. The van der Waals surface area contributed by atoms with Gasteiger partial charge >= 0.3 is 0 Å². The lowest BCUT2D eigenvalue weighted by atomic mass is 10.2. The van der Waals surface area contributed by atoms with Gasteiger partial charge in [0.1, 0.15) is 0 Å². The number of hydrogen-bond donors (Lipinski definition) is 2. The van der Waals surface area contributed by atoms with E-state index in [2.05, 4.69) is 25.8 Å². The second-order valence-corrected chi connectivity index (χ2v) is 7.05. The van der Waals surface area contributed by atoms with Crippen LogP contribution in [0.4, 0.5) is 11.4 Å². The van der Waals surface area contributed by atoms with Crippen molar-refractivity contribution >= 4 is 37.3 Å². The van der Waals surface area contributed by atoms with Gasteiger partial charge in [-0.3, -0.25) is 9.40 Å². The molecular weight excluding hydrogens is 344 g/mol. The Morgan fingerprint density at radius 2 is 2.00 bits per heavy atom. The minimum atomic E-state index is -3.70. The summed E-state index contributed by atoms with van der Waals surface area (Å²) in [6.07, 6.45) is 1.62. The topological polar surface area (TPSA) is 90.0 Å². The van der Waals surface area contributed by atoms with E-state index in [1.165, 1.54) is 6.07 Å². The van der Waals surface area contributed by atoms with Gasteiger partial charge in [0.05, 0.1) is 16.3 Å². The number of halogens is 1. The molecule has 3 N–H and O–H groups in total. The average molecular weight is 359 g/mol. The number of nitrogens with two attached hydrogens (primary N) is 1. The molecule has 20 heavy (non-hydrogen) atoms. The van der Waals surface area contributed by atoms with E-state index in [4.69, 9.17) is 5.73 Å². The molecule has 2 rings (SSSR count). The largest absolute Gasteiger partial charge is 0.398 e. The summed E-state index contributed by atoms with van der Waals surface area (Å²) >= 11 is 3.28. The van der Waals surface area contributed by atoms with Crippen molar-refractivity contribution in [3.05, 3.63) is 34.1 Å². The molecule has 0 aliphatic rings. The molecule has 0 atom stereocenters. The van der Waals surface area contributed by atoms with Crippen molar-refractivity contribution in [3.63, 3.8) is 0 Å². The van der Waals surface area contributed by atoms with E-state index in [1.807, 2.05) is 0 Å². The molecule has 0 spiro atoms. The van der Waals surface area contributed by atoms with Crippen molar-refractivity contribution in [1.29, 1.82) is 0 Å². The molecule has 0 aliphatic heterocycles. The third-order valence-electron chi connectivity index (χ3n) is 2.84. The molecule has 1 aromatic carbocycles. The third-order valence-corrected chi connectivity index (χ3v) is 5.04. The molecule has 0 amide bonds. The summed E-state index contributed by atoms with van der Waals surface area (Å²) in [5.41, 5.74) is 7.81. The van der Waals surface area contributed by atoms with Crippen molar-refractivity contribution in [3.8, 4) is 0 Å². The Morgan fingerprint density at radius 1 is 1.35 bits per heavy atom. The second-order valence-electron chi connectivity index (χ2n) is 4.55. The van der Waals surface area contributed by atoms with Crippen LogP contribution >= 0.6 is 15.9 Å². The SMILES string of the molecule is Cc1cc(Br)c(N)cc1S(=O)(=O)Nc1cn(C)nc1C. The second kappa shape index (κ2) is 5.10. The fourth-order valence-corrected chi connectivity index (χ4v) is 3.68. The maximum Gasteiger partial charge on any atom is 0.262 e. The Kier molecular flexibility index (Phi) is 3.79. The first-order valence-electron chi connectivity index (χ1n) is 5.79. The fourth-order valence-electron chi connectivity index (χ4n) is 1.86. The van der Waals surface area contributed by atoms with Gasteiger partial charge < -0.3 is 5.73 Å². The molecule has 0 fully saturated rings. The molecule has 0 saturated heterocycles. The highest BCUT2D eigenvalue weighted by Crippen LogP contribution is 2.28. The zero-order valence-electron chi connectivity index (χ0n) is 11.3. The van der Waals surface area contributed by atoms with Gasteiger partial charge in [-0.05, 0) is 47.5 Å². The Morgan fingerprint density at radius 3 is 2.55 bits per heavy atom. The summed E-state index contributed by atoms with van der Waals surface area (Å²) in [5, 5.41) is 4.10. The Balaban J connectivity index is 2.46. The summed E-state index contributed by atoms with van der Waals surface area (Å²) in [6.45, 7) is 3.45. The lowest BCUT2D eigenvalue weighted by Gasteiger charge is -2.11. The number of nitrogens with one attached hydrogen (secondary N) is 1. The molecule has 2 aromatic rings. The van der Waals surface area contributed by atoms with Crippen LogP contribution in [0.25, 0.3) is 0 Å². The lowest BCUT2D eigenvalue weighted by molar-refractivity contribution is 0.600. The van der Waals surface area contributed by atoms with Crippen molar-refractivity contribution < 1.29 is 8.42 Å². The lowest BCUT2D eigenvalue weighted by Crippen LogP contribution is -2.15. The molecule has 0 aliphatic carbocycles. The minimum Gasteiger partial charge on any atom is -0.398 e. The third kappa shape index (κ3) is 2.80. The first-order chi connectivity index (χ1) is 9.20. The van der Waals surface area contributed by atoms with Gasteiger partial charge in [0, 0.05) is 23.4 Å². The van der Waals surface area contributed by atoms with Crippen LogP contribution in [-0.4, -0.2) is 18.2 Å². The molecule has 6 nitrogen and oxygen atoms in total. The number of aryl methyl sites for hydroxylation is 3. The number of nitrogens with zero attached hydrogens (tertiary/aromatic N) is 2. The van der Waals surface area contributed by atoms with E-state index in [1.54, 1.807) is 37.8 Å². The number of benzene rings is 1. The zero-order chi connectivity index (χ0) is 15.1. The monoisotopic (exact) mass is 358 g/mol. The van der Waals surface area contributed by atoms with Gasteiger partial charge in [-0.2, -0.15) is 5.10 Å². The van der Waals surface area contributed by atoms with Crippen LogP contribution < -0.4 is 10.5 Å². The van der Waals surface area contributed by atoms with Crippen LogP contribution in [0.2, 0.25) is 0 Å². The number of aromatic nitrogens is 2. The summed E-state index contributed by atoms with van der Waals surface area (Å²) in [4.78, 5) is 0.154. The summed E-state index contributed by atoms with van der Waals surface area (Å²) in [6, 6.07) is 3.12. The molecule has 1 heterocycles. The first-order valence-corrected chi connectivity index (χ1v) is 8.07. The fraction of sp³-hybridized carbons (Fsp3) is 0.250. The summed E-state index contributed by atoms with van der Waals surface area (Å²) in [5.74, 6) is 0. The van der Waals surface area contributed by atoms with Crippen LogP contribution in [0.5, 0.6) is 0 Å². The molecule has 0 unspecified atom stereocenters. The number of hydrogen-bond acceptors (Lipinski definition) is 4. The molecule has 0 bridgehead atoms. The van der Waals surface area contributed by atoms with E-state index < -0.39 is 10.0 Å². The molecule has 0 saturated carbocycles. The first kappa shape index (κ1) is 14.9. The van der Waals surface area contributed by atoms with Crippen LogP contribution in [-0.2, 0) is 17.1 Å². The van der Waals surface area contributed by atoms with E-state index in [-0.39, 0.29) is 4.90 Å². The quantitative estimate of drug-likeness (QED) is 0.822. The van der Waals surface area contributed by atoms with Crippen LogP contribution in [0, 0.1) is 13.8 Å². The van der Waals surface area contributed by atoms with Gasteiger partial charge in [0.25, 0.3) is 10.0 Å². The standard InChI is InChI=1S/C12H15BrN4O2S/c1-7-4-9(13)10(14)5-12(7)20(18,19)16-11-6-17(3)15-8(11)2/h4-6,16H,14H2,1-3H3.